The number of nitrogens with one attached hydrogen (secondary N) is 2. The summed E-state index contributed by atoms with van der Waals surface area (Å²) in [7, 11) is 1.59. The summed E-state index contributed by atoms with van der Waals surface area (Å²) in [6.07, 6.45) is 2.22. The first-order valence-corrected chi connectivity index (χ1v) is 11.1. The van der Waals surface area contributed by atoms with Gasteiger partial charge in [0.25, 0.3) is 0 Å². The Kier molecular flexibility index (Phi) is 11.2. The Morgan fingerprint density at radius 3 is 2.44 bits per heavy atom. The fourth-order valence-electron chi connectivity index (χ4n) is 2.81. The van der Waals surface area contributed by atoms with Gasteiger partial charge in [-0.05, 0) is 61.0 Å². The topological polar surface area (TPSA) is 118 Å². The summed E-state index contributed by atoms with van der Waals surface area (Å²) >= 11 is 11.4. The fraction of sp³-hybridized carbons (Fsp3) is 0.200. The van der Waals surface area contributed by atoms with Crippen molar-refractivity contribution in [1.82, 2.24) is 5.32 Å². The first-order chi connectivity index (χ1) is 16.3. The molecule has 34 heavy (non-hydrogen) atoms. The summed E-state index contributed by atoms with van der Waals surface area (Å²) in [4.78, 5) is 10.5. The molecule has 0 bridgehead atoms. The van der Waals surface area contributed by atoms with Crippen molar-refractivity contribution in [3.05, 3.63) is 87.4 Å². The molecular formula is C25H27Cl2N3O4. The smallest absolute Gasteiger partial charge is 0.248 e. The van der Waals surface area contributed by atoms with Crippen molar-refractivity contribution in [3.8, 4) is 17.2 Å². The van der Waals surface area contributed by atoms with Crippen LogP contribution in [-0.4, -0.2) is 44.0 Å². The van der Waals surface area contributed by atoms with Crippen molar-refractivity contribution in [2.45, 2.75) is 6.42 Å². The number of phenols is 1. The Balaban J connectivity index is 0.000000310. The molecule has 0 fully saturated rings. The van der Waals surface area contributed by atoms with Gasteiger partial charge in [0.1, 0.15) is 23.9 Å². The molecule has 0 aliphatic heterocycles. The fourth-order valence-corrected chi connectivity index (χ4v) is 3.12. The van der Waals surface area contributed by atoms with Gasteiger partial charge in [-0.3, -0.25) is 4.79 Å². The maximum absolute atomic E-state index is 10.5. The summed E-state index contributed by atoms with van der Waals surface area (Å²) in [5.74, 6) is 0.767. The third kappa shape index (κ3) is 8.94. The van der Waals surface area contributed by atoms with Gasteiger partial charge in [0.2, 0.25) is 5.91 Å². The van der Waals surface area contributed by atoms with Gasteiger partial charge < -0.3 is 31.0 Å². The molecule has 0 atom stereocenters. The van der Waals surface area contributed by atoms with Gasteiger partial charge in [0.05, 0.1) is 12.1 Å². The molecule has 0 aliphatic carbocycles. The van der Waals surface area contributed by atoms with Crippen molar-refractivity contribution in [2.24, 2.45) is 5.73 Å². The molecule has 7 nitrogen and oxygen atoms in total. The lowest BCUT2D eigenvalue weighted by molar-refractivity contribution is 0.100. The van der Waals surface area contributed by atoms with Gasteiger partial charge in [-0.1, -0.05) is 35.3 Å². The number of benzene rings is 3. The molecular weight excluding hydrogens is 477 g/mol. The van der Waals surface area contributed by atoms with E-state index in [0.717, 1.165) is 35.8 Å². The van der Waals surface area contributed by atoms with E-state index in [0.29, 0.717) is 12.4 Å². The standard InChI is InChI=1S/C18H21ClN2O2.C7H6ClNO2/c1-22-18-12-17(7-4-15(18)13-20)23-11-10-21-9-8-14-2-5-16(19)6-3-14;8-5-3-4(7(9)11)1-2-6(5)10/h2-7,12-13,20-21H,8-11H2,1H3;1-3,10H,(H2,9,11). The Bertz CT molecular complexity index is 1090. The van der Waals surface area contributed by atoms with Crippen LogP contribution >= 0.6 is 23.2 Å². The van der Waals surface area contributed by atoms with Crippen LogP contribution in [0.4, 0.5) is 0 Å². The number of nitrogens with two attached hydrogens (primary N) is 1. The van der Waals surface area contributed by atoms with E-state index in [4.69, 9.17) is 48.9 Å². The van der Waals surface area contributed by atoms with Crippen molar-refractivity contribution in [1.29, 1.82) is 5.41 Å². The number of aromatic hydroxyl groups is 1. The molecule has 3 aromatic rings. The molecule has 9 heteroatoms. The quantitative estimate of drug-likeness (QED) is 0.236. The average molecular weight is 504 g/mol. The van der Waals surface area contributed by atoms with E-state index in [1.807, 2.05) is 36.4 Å². The van der Waals surface area contributed by atoms with Crippen molar-refractivity contribution in [3.63, 3.8) is 0 Å². The molecule has 0 unspecified atom stereocenters. The Morgan fingerprint density at radius 2 is 1.82 bits per heavy atom. The predicted octanol–water partition coefficient (Wildman–Crippen LogP) is 4.70. The van der Waals surface area contributed by atoms with Crippen LogP contribution in [-0.2, 0) is 6.42 Å². The van der Waals surface area contributed by atoms with Crippen LogP contribution < -0.4 is 20.5 Å². The number of ether oxygens (including phenoxy) is 2. The van der Waals surface area contributed by atoms with Gasteiger partial charge in [-0.15, -0.1) is 0 Å². The number of phenolic OH excluding ortho intramolecular Hbond substituents is 1. The van der Waals surface area contributed by atoms with Crippen molar-refractivity contribution >= 4 is 35.3 Å². The minimum atomic E-state index is -0.563. The molecule has 0 aromatic heterocycles. The van der Waals surface area contributed by atoms with Crippen molar-refractivity contribution in [2.75, 3.05) is 26.8 Å². The van der Waals surface area contributed by atoms with E-state index in [9.17, 15) is 4.79 Å². The van der Waals surface area contributed by atoms with Gasteiger partial charge in [-0.2, -0.15) is 0 Å². The Morgan fingerprint density at radius 1 is 1.09 bits per heavy atom. The second-order valence-electron chi connectivity index (χ2n) is 7.05. The monoisotopic (exact) mass is 503 g/mol. The molecule has 180 valence electrons. The zero-order chi connectivity index (χ0) is 24.9. The van der Waals surface area contributed by atoms with Gasteiger partial charge in [0, 0.05) is 35.0 Å². The molecule has 3 rings (SSSR count). The SMILES string of the molecule is COc1cc(OCCNCCc2ccc(Cl)cc2)ccc1C=N.NC(=O)c1ccc(O)c(Cl)c1. The summed E-state index contributed by atoms with van der Waals surface area (Å²) in [6.45, 7) is 2.23. The third-order valence-electron chi connectivity index (χ3n) is 4.64. The highest BCUT2D eigenvalue weighted by Crippen LogP contribution is 2.24. The predicted molar refractivity (Wildman–Crippen MR) is 136 cm³/mol. The maximum Gasteiger partial charge on any atom is 0.248 e. The van der Waals surface area contributed by atoms with Crippen LogP contribution in [0.3, 0.4) is 0 Å². The first-order valence-electron chi connectivity index (χ1n) is 10.4. The Hall–Kier alpha value is -3.26. The lowest BCUT2D eigenvalue weighted by Gasteiger charge is -2.10. The molecule has 0 heterocycles. The molecule has 1 amide bonds. The number of halogens is 2. The number of carbonyl (C=O) groups is 1. The van der Waals surface area contributed by atoms with Crippen LogP contribution in [0.2, 0.25) is 10.0 Å². The van der Waals surface area contributed by atoms with Gasteiger partial charge >= 0.3 is 0 Å². The summed E-state index contributed by atoms with van der Waals surface area (Å²) in [5.41, 5.74) is 7.23. The van der Waals surface area contributed by atoms with Gasteiger partial charge in [0.15, 0.2) is 0 Å². The number of carbonyl (C=O) groups excluding carboxylic acids is 1. The van der Waals surface area contributed by atoms with E-state index < -0.39 is 5.91 Å². The third-order valence-corrected chi connectivity index (χ3v) is 5.20. The van der Waals surface area contributed by atoms with Gasteiger partial charge in [-0.25, -0.2) is 0 Å². The summed E-state index contributed by atoms with van der Waals surface area (Å²) in [6, 6.07) is 17.4. The molecule has 3 aromatic carbocycles. The number of hydrogen-bond acceptors (Lipinski definition) is 6. The molecule has 0 spiro atoms. The van der Waals surface area contributed by atoms with E-state index in [1.54, 1.807) is 13.2 Å². The second-order valence-corrected chi connectivity index (χ2v) is 7.90. The summed E-state index contributed by atoms with van der Waals surface area (Å²) < 4.78 is 10.9. The molecule has 0 saturated heterocycles. The number of primary amides is 1. The largest absolute Gasteiger partial charge is 0.506 e. The maximum atomic E-state index is 10.5. The number of amides is 1. The zero-order valence-corrected chi connectivity index (χ0v) is 20.2. The van der Waals surface area contributed by atoms with Crippen LogP contribution in [0.5, 0.6) is 17.2 Å². The number of methoxy groups -OCH3 is 1. The zero-order valence-electron chi connectivity index (χ0n) is 18.7. The van der Waals surface area contributed by atoms with Crippen LogP contribution in [0, 0.1) is 5.41 Å². The lowest BCUT2D eigenvalue weighted by Crippen LogP contribution is -2.23. The molecule has 5 N–H and O–H groups in total. The number of hydrogen-bond donors (Lipinski definition) is 4. The van der Waals surface area contributed by atoms with Crippen LogP contribution in [0.15, 0.2) is 60.7 Å². The van der Waals surface area contributed by atoms with E-state index >= 15 is 0 Å². The van der Waals surface area contributed by atoms with Crippen molar-refractivity contribution < 1.29 is 19.4 Å². The highest BCUT2D eigenvalue weighted by molar-refractivity contribution is 6.32. The van der Waals surface area contributed by atoms with Crippen LogP contribution in [0.1, 0.15) is 21.5 Å². The van der Waals surface area contributed by atoms with E-state index in [-0.39, 0.29) is 16.3 Å². The second kappa shape index (κ2) is 14.1. The lowest BCUT2D eigenvalue weighted by atomic mass is 10.1. The minimum absolute atomic E-state index is 0.0586. The minimum Gasteiger partial charge on any atom is -0.506 e. The highest BCUT2D eigenvalue weighted by atomic mass is 35.5. The van der Waals surface area contributed by atoms with E-state index in [2.05, 4.69) is 5.32 Å². The van der Waals surface area contributed by atoms with Crippen LogP contribution in [0.25, 0.3) is 0 Å². The number of rotatable bonds is 10. The summed E-state index contributed by atoms with van der Waals surface area (Å²) in [5, 5.41) is 20.5. The highest BCUT2D eigenvalue weighted by Gasteiger charge is 2.04. The average Bonchev–Trinajstić information content (AvgIpc) is 2.84. The van der Waals surface area contributed by atoms with E-state index in [1.165, 1.54) is 30.0 Å². The molecule has 0 saturated carbocycles. The first kappa shape index (κ1) is 27.0. The molecule has 0 aliphatic rings. The molecule has 0 radical (unpaired) electrons. The normalized spacial score (nSPS) is 10.1. The Labute approximate surface area is 208 Å².